The molecule has 0 aliphatic carbocycles. The Hall–Kier alpha value is -0.860. The van der Waals surface area contributed by atoms with Crippen LogP contribution in [-0.2, 0) is 4.74 Å². The summed E-state index contributed by atoms with van der Waals surface area (Å²) in [5, 5.41) is 10.5. The van der Waals surface area contributed by atoms with Gasteiger partial charge in [0, 0.05) is 12.5 Å². The first-order chi connectivity index (χ1) is 8.09. The fourth-order valence-electron chi connectivity index (χ4n) is 2.57. The molecule has 0 aromatic heterocycles. The number of aliphatic hydroxyl groups excluding tert-OH is 1. The molecular formula is C15H22O2. The highest BCUT2D eigenvalue weighted by Crippen LogP contribution is 2.31. The van der Waals surface area contributed by atoms with Crippen molar-refractivity contribution in [2.75, 3.05) is 13.2 Å². The Morgan fingerprint density at radius 1 is 1.18 bits per heavy atom. The average molecular weight is 234 g/mol. The predicted molar refractivity (Wildman–Crippen MR) is 69.2 cm³/mol. The second-order valence-corrected chi connectivity index (χ2v) is 5.22. The molecular weight excluding hydrogens is 212 g/mol. The molecule has 2 heteroatoms. The smallest absolute Gasteiger partial charge is 0.0842 e. The summed E-state index contributed by atoms with van der Waals surface area (Å²) in [7, 11) is 0. The summed E-state index contributed by atoms with van der Waals surface area (Å²) in [6, 6.07) is 4.29. The van der Waals surface area contributed by atoms with Crippen LogP contribution in [-0.4, -0.2) is 18.3 Å². The topological polar surface area (TPSA) is 29.5 Å². The van der Waals surface area contributed by atoms with Gasteiger partial charge in [-0.25, -0.2) is 0 Å². The van der Waals surface area contributed by atoms with Gasteiger partial charge in [-0.2, -0.15) is 0 Å². The number of benzene rings is 1. The molecule has 0 amide bonds. The summed E-state index contributed by atoms with van der Waals surface area (Å²) in [6.07, 6.45) is 1.74. The molecule has 2 atom stereocenters. The lowest BCUT2D eigenvalue weighted by Crippen LogP contribution is -2.24. The van der Waals surface area contributed by atoms with E-state index in [1.54, 1.807) is 0 Å². The molecule has 1 fully saturated rings. The molecule has 1 aliphatic heterocycles. The van der Waals surface area contributed by atoms with Crippen LogP contribution in [0.15, 0.2) is 12.1 Å². The Labute approximate surface area is 104 Å². The third-order valence-electron chi connectivity index (χ3n) is 3.84. The third kappa shape index (κ3) is 2.70. The van der Waals surface area contributed by atoms with Crippen LogP contribution in [0.1, 0.15) is 41.2 Å². The van der Waals surface area contributed by atoms with Gasteiger partial charge in [-0.3, -0.25) is 0 Å². The molecule has 0 spiro atoms. The van der Waals surface area contributed by atoms with E-state index in [4.69, 9.17) is 4.74 Å². The van der Waals surface area contributed by atoms with E-state index in [1.807, 2.05) is 0 Å². The van der Waals surface area contributed by atoms with Gasteiger partial charge in [-0.1, -0.05) is 12.1 Å². The summed E-state index contributed by atoms with van der Waals surface area (Å²) >= 11 is 0. The van der Waals surface area contributed by atoms with Gasteiger partial charge in [0.25, 0.3) is 0 Å². The van der Waals surface area contributed by atoms with Gasteiger partial charge in [0.05, 0.1) is 12.7 Å². The van der Waals surface area contributed by atoms with Gasteiger partial charge < -0.3 is 9.84 Å². The van der Waals surface area contributed by atoms with E-state index in [2.05, 4.69) is 32.9 Å². The predicted octanol–water partition coefficient (Wildman–Crippen LogP) is 3.07. The van der Waals surface area contributed by atoms with Gasteiger partial charge >= 0.3 is 0 Å². The highest BCUT2D eigenvalue weighted by Gasteiger charge is 2.25. The SMILES string of the molecule is Cc1cc(C)c(C(O)C2CCCOC2)cc1C. The minimum atomic E-state index is -0.380. The van der Waals surface area contributed by atoms with Crippen molar-refractivity contribution in [2.45, 2.75) is 39.7 Å². The van der Waals surface area contributed by atoms with Crippen molar-refractivity contribution in [3.63, 3.8) is 0 Å². The van der Waals surface area contributed by atoms with E-state index in [1.165, 1.54) is 16.7 Å². The van der Waals surface area contributed by atoms with Gasteiger partial charge in [-0.15, -0.1) is 0 Å². The van der Waals surface area contributed by atoms with Crippen molar-refractivity contribution in [1.82, 2.24) is 0 Å². The highest BCUT2D eigenvalue weighted by molar-refractivity contribution is 5.37. The van der Waals surface area contributed by atoms with Crippen LogP contribution >= 0.6 is 0 Å². The lowest BCUT2D eigenvalue weighted by atomic mass is 9.87. The Morgan fingerprint density at radius 3 is 2.53 bits per heavy atom. The summed E-state index contributed by atoms with van der Waals surface area (Å²) in [6.45, 7) is 7.82. The number of hydrogen-bond acceptors (Lipinski definition) is 2. The lowest BCUT2D eigenvalue weighted by Gasteiger charge is -2.28. The minimum absolute atomic E-state index is 0.254. The largest absolute Gasteiger partial charge is 0.388 e. The maximum atomic E-state index is 10.5. The van der Waals surface area contributed by atoms with Crippen LogP contribution in [0.3, 0.4) is 0 Å². The van der Waals surface area contributed by atoms with E-state index in [-0.39, 0.29) is 12.0 Å². The van der Waals surface area contributed by atoms with E-state index in [0.29, 0.717) is 6.61 Å². The Morgan fingerprint density at radius 2 is 1.88 bits per heavy atom. The number of ether oxygens (including phenoxy) is 1. The Kier molecular flexibility index (Phi) is 3.85. The number of aliphatic hydroxyl groups is 1. The van der Waals surface area contributed by atoms with Crippen LogP contribution in [0.4, 0.5) is 0 Å². The highest BCUT2D eigenvalue weighted by atomic mass is 16.5. The molecule has 1 heterocycles. The van der Waals surface area contributed by atoms with Crippen LogP contribution in [0, 0.1) is 26.7 Å². The molecule has 2 unspecified atom stereocenters. The van der Waals surface area contributed by atoms with E-state index in [0.717, 1.165) is 25.0 Å². The monoisotopic (exact) mass is 234 g/mol. The number of aryl methyl sites for hydroxylation is 3. The van der Waals surface area contributed by atoms with Crippen molar-refractivity contribution in [2.24, 2.45) is 5.92 Å². The van der Waals surface area contributed by atoms with Gasteiger partial charge in [0.15, 0.2) is 0 Å². The zero-order valence-electron chi connectivity index (χ0n) is 11.0. The Bertz CT molecular complexity index is 392. The normalized spacial score (nSPS) is 22.5. The summed E-state index contributed by atoms with van der Waals surface area (Å²) in [5.74, 6) is 0.254. The van der Waals surface area contributed by atoms with Crippen LogP contribution in [0.25, 0.3) is 0 Å². The Balaban J connectivity index is 2.23. The molecule has 1 aromatic carbocycles. The maximum Gasteiger partial charge on any atom is 0.0842 e. The molecule has 1 aromatic rings. The second kappa shape index (κ2) is 5.19. The summed E-state index contributed by atoms with van der Waals surface area (Å²) in [4.78, 5) is 0. The van der Waals surface area contributed by atoms with Gasteiger partial charge in [-0.05, 0) is 55.9 Å². The van der Waals surface area contributed by atoms with Crippen molar-refractivity contribution in [3.05, 3.63) is 34.4 Å². The molecule has 94 valence electrons. The zero-order chi connectivity index (χ0) is 12.4. The fraction of sp³-hybridized carbons (Fsp3) is 0.600. The molecule has 0 radical (unpaired) electrons. The molecule has 2 nitrogen and oxygen atoms in total. The minimum Gasteiger partial charge on any atom is -0.388 e. The first-order valence-electron chi connectivity index (χ1n) is 6.43. The van der Waals surface area contributed by atoms with Crippen molar-refractivity contribution in [3.8, 4) is 0 Å². The summed E-state index contributed by atoms with van der Waals surface area (Å²) in [5.41, 5.74) is 4.80. The number of rotatable bonds is 2. The van der Waals surface area contributed by atoms with Crippen LogP contribution < -0.4 is 0 Å². The van der Waals surface area contributed by atoms with E-state index < -0.39 is 0 Å². The molecule has 1 N–H and O–H groups in total. The molecule has 0 bridgehead atoms. The summed E-state index contributed by atoms with van der Waals surface area (Å²) < 4.78 is 5.46. The molecule has 1 saturated heterocycles. The van der Waals surface area contributed by atoms with E-state index in [9.17, 15) is 5.11 Å². The van der Waals surface area contributed by atoms with Crippen LogP contribution in [0.2, 0.25) is 0 Å². The molecule has 0 saturated carbocycles. The second-order valence-electron chi connectivity index (χ2n) is 5.22. The first kappa shape index (κ1) is 12.6. The van der Waals surface area contributed by atoms with Crippen LogP contribution in [0.5, 0.6) is 0 Å². The zero-order valence-corrected chi connectivity index (χ0v) is 11.0. The molecule has 17 heavy (non-hydrogen) atoms. The van der Waals surface area contributed by atoms with Crippen molar-refractivity contribution < 1.29 is 9.84 Å². The average Bonchev–Trinajstić information content (AvgIpc) is 2.34. The fourth-order valence-corrected chi connectivity index (χ4v) is 2.57. The molecule has 1 aliphatic rings. The first-order valence-corrected chi connectivity index (χ1v) is 6.43. The lowest BCUT2D eigenvalue weighted by molar-refractivity contribution is -0.0102. The maximum absolute atomic E-state index is 10.5. The third-order valence-corrected chi connectivity index (χ3v) is 3.84. The van der Waals surface area contributed by atoms with Crippen molar-refractivity contribution in [1.29, 1.82) is 0 Å². The van der Waals surface area contributed by atoms with E-state index >= 15 is 0 Å². The standard InChI is InChI=1S/C15H22O2/c1-10-7-12(3)14(8-11(10)2)15(16)13-5-4-6-17-9-13/h7-8,13,15-16H,4-6,9H2,1-3H3. The molecule has 2 rings (SSSR count). The quantitative estimate of drug-likeness (QED) is 0.852. The van der Waals surface area contributed by atoms with Crippen molar-refractivity contribution >= 4 is 0 Å². The van der Waals surface area contributed by atoms with Gasteiger partial charge in [0.2, 0.25) is 0 Å². The van der Waals surface area contributed by atoms with Gasteiger partial charge in [0.1, 0.15) is 0 Å². The number of hydrogen-bond donors (Lipinski definition) is 1.